The van der Waals surface area contributed by atoms with Crippen LogP contribution in [0.3, 0.4) is 0 Å². The molecule has 0 aromatic heterocycles. The van der Waals surface area contributed by atoms with Crippen LogP contribution in [0.5, 0.6) is 0 Å². The van der Waals surface area contributed by atoms with Gasteiger partial charge in [0.05, 0.1) is 5.69 Å². The molecular weight excluding hydrogens is 344 g/mol. The molecule has 2 N–H and O–H groups in total. The molecule has 114 valence electrons. The molecule has 22 heavy (non-hydrogen) atoms. The summed E-state index contributed by atoms with van der Waals surface area (Å²) in [6.07, 6.45) is 0. The maximum absolute atomic E-state index is 12.1. The lowest BCUT2D eigenvalue weighted by atomic mass is 10.1. The Balaban J connectivity index is 2.11. The van der Waals surface area contributed by atoms with Crippen LogP contribution in [-0.2, 0) is 9.59 Å². The smallest absolute Gasteiger partial charge is 0.314 e. The van der Waals surface area contributed by atoms with Crippen LogP contribution < -0.4 is 10.6 Å². The number of anilines is 2. The number of hydrogen-bond donors (Lipinski definition) is 2. The summed E-state index contributed by atoms with van der Waals surface area (Å²) in [4.78, 5) is 24.1. The Morgan fingerprint density at radius 2 is 1.50 bits per heavy atom. The summed E-state index contributed by atoms with van der Waals surface area (Å²) in [5.41, 5.74) is 4.12. The fourth-order valence-electron chi connectivity index (χ4n) is 2.08. The largest absolute Gasteiger partial charge is 0.317 e. The van der Waals surface area contributed by atoms with Crippen LogP contribution in [-0.4, -0.2) is 11.8 Å². The van der Waals surface area contributed by atoms with Gasteiger partial charge in [-0.3, -0.25) is 9.59 Å². The molecule has 0 fully saturated rings. The second kappa shape index (κ2) is 6.75. The molecule has 0 saturated carbocycles. The van der Waals surface area contributed by atoms with Crippen molar-refractivity contribution in [2.75, 3.05) is 10.6 Å². The van der Waals surface area contributed by atoms with Crippen LogP contribution in [0.15, 0.2) is 40.9 Å². The highest BCUT2D eigenvalue weighted by Crippen LogP contribution is 2.23. The first-order valence-electron chi connectivity index (χ1n) is 6.83. The third-order valence-electron chi connectivity index (χ3n) is 3.30. The molecule has 0 aliphatic heterocycles. The van der Waals surface area contributed by atoms with Gasteiger partial charge >= 0.3 is 11.8 Å². The van der Waals surface area contributed by atoms with Crippen LogP contribution in [0.25, 0.3) is 0 Å². The lowest BCUT2D eigenvalue weighted by Gasteiger charge is -2.12. The lowest BCUT2D eigenvalue weighted by Crippen LogP contribution is -2.29. The van der Waals surface area contributed by atoms with Gasteiger partial charge in [-0.15, -0.1) is 0 Å². The summed E-state index contributed by atoms with van der Waals surface area (Å²) >= 11 is 3.37. The Bertz CT molecular complexity index is 721. The van der Waals surface area contributed by atoms with Crippen molar-refractivity contribution in [1.29, 1.82) is 0 Å². The van der Waals surface area contributed by atoms with Crippen LogP contribution in [0.2, 0.25) is 0 Å². The fourth-order valence-corrected chi connectivity index (χ4v) is 2.67. The van der Waals surface area contributed by atoms with E-state index in [-0.39, 0.29) is 0 Å². The Morgan fingerprint density at radius 1 is 0.909 bits per heavy atom. The highest BCUT2D eigenvalue weighted by atomic mass is 79.9. The van der Waals surface area contributed by atoms with E-state index in [2.05, 4.69) is 26.6 Å². The number of nitrogens with one attached hydrogen (secondary N) is 2. The number of amides is 2. The van der Waals surface area contributed by atoms with E-state index >= 15 is 0 Å². The van der Waals surface area contributed by atoms with Crippen molar-refractivity contribution in [1.82, 2.24) is 0 Å². The van der Waals surface area contributed by atoms with Gasteiger partial charge in [-0.25, -0.2) is 0 Å². The van der Waals surface area contributed by atoms with Gasteiger partial charge in [-0.2, -0.15) is 0 Å². The molecule has 0 heterocycles. The molecule has 0 saturated heterocycles. The zero-order chi connectivity index (χ0) is 16.3. The molecule has 2 aromatic rings. The van der Waals surface area contributed by atoms with Gasteiger partial charge in [0.2, 0.25) is 0 Å². The van der Waals surface area contributed by atoms with Gasteiger partial charge in [0, 0.05) is 10.2 Å². The molecule has 0 unspecified atom stereocenters. The molecule has 2 rings (SSSR count). The van der Waals surface area contributed by atoms with Crippen molar-refractivity contribution in [3.8, 4) is 0 Å². The first-order chi connectivity index (χ1) is 10.4. The number of carbonyl (C=O) groups is 2. The second-order valence-corrected chi connectivity index (χ2v) is 6.01. The van der Waals surface area contributed by atoms with Crippen molar-refractivity contribution in [2.45, 2.75) is 20.8 Å². The highest BCUT2D eigenvalue weighted by Gasteiger charge is 2.17. The molecule has 0 atom stereocenters. The molecule has 5 heteroatoms. The fraction of sp³-hybridized carbons (Fsp3) is 0.176. The topological polar surface area (TPSA) is 58.2 Å². The predicted octanol–water partition coefficient (Wildman–Crippen LogP) is 3.95. The van der Waals surface area contributed by atoms with E-state index in [9.17, 15) is 9.59 Å². The van der Waals surface area contributed by atoms with E-state index in [0.29, 0.717) is 11.4 Å². The lowest BCUT2D eigenvalue weighted by molar-refractivity contribution is -0.133. The van der Waals surface area contributed by atoms with E-state index in [1.807, 2.05) is 51.1 Å². The Kier molecular flexibility index (Phi) is 4.98. The summed E-state index contributed by atoms with van der Waals surface area (Å²) in [6.45, 7) is 5.72. The molecule has 0 spiro atoms. The van der Waals surface area contributed by atoms with Gasteiger partial charge < -0.3 is 10.6 Å². The Morgan fingerprint density at radius 3 is 2.09 bits per heavy atom. The summed E-state index contributed by atoms with van der Waals surface area (Å²) in [7, 11) is 0. The number of hydrogen-bond acceptors (Lipinski definition) is 2. The zero-order valence-corrected chi connectivity index (χ0v) is 14.2. The number of aryl methyl sites for hydroxylation is 3. The number of rotatable bonds is 2. The molecular formula is C17H17BrN2O2. The SMILES string of the molecule is Cc1ccc(NC(=O)C(=O)Nc2c(C)cccc2C)c(Br)c1. The van der Waals surface area contributed by atoms with Gasteiger partial charge in [0.25, 0.3) is 0 Å². The van der Waals surface area contributed by atoms with E-state index in [4.69, 9.17) is 0 Å². The standard InChI is InChI=1S/C17H17BrN2O2/c1-10-7-8-14(13(18)9-10)19-16(21)17(22)20-15-11(2)5-4-6-12(15)3/h4-9H,1-3H3,(H,19,21)(H,20,22). The number of benzene rings is 2. The summed E-state index contributed by atoms with van der Waals surface area (Å²) in [5.74, 6) is -1.39. The van der Waals surface area contributed by atoms with Gasteiger partial charge in [0.15, 0.2) is 0 Å². The predicted molar refractivity (Wildman–Crippen MR) is 92.1 cm³/mol. The maximum Gasteiger partial charge on any atom is 0.314 e. The first kappa shape index (κ1) is 16.2. The van der Waals surface area contributed by atoms with E-state index in [1.165, 1.54) is 0 Å². The van der Waals surface area contributed by atoms with Crippen LogP contribution in [0.4, 0.5) is 11.4 Å². The second-order valence-electron chi connectivity index (χ2n) is 5.16. The maximum atomic E-state index is 12.1. The molecule has 2 aromatic carbocycles. The number of halogens is 1. The quantitative estimate of drug-likeness (QED) is 0.796. The number of carbonyl (C=O) groups excluding carboxylic acids is 2. The average Bonchev–Trinajstić information content (AvgIpc) is 2.45. The van der Waals surface area contributed by atoms with Gasteiger partial charge in [0.1, 0.15) is 0 Å². The van der Waals surface area contributed by atoms with E-state index in [0.717, 1.165) is 21.2 Å². The third kappa shape index (κ3) is 3.74. The molecule has 0 radical (unpaired) electrons. The minimum absolute atomic E-state index is 0.562. The van der Waals surface area contributed by atoms with Gasteiger partial charge in [-0.05, 0) is 65.5 Å². The number of para-hydroxylation sites is 1. The van der Waals surface area contributed by atoms with Crippen molar-refractivity contribution in [2.24, 2.45) is 0 Å². The Labute approximate surface area is 138 Å². The average molecular weight is 361 g/mol. The van der Waals surface area contributed by atoms with Crippen molar-refractivity contribution >= 4 is 39.1 Å². The molecule has 4 nitrogen and oxygen atoms in total. The van der Waals surface area contributed by atoms with Gasteiger partial charge in [-0.1, -0.05) is 24.3 Å². The normalized spacial score (nSPS) is 10.2. The Hall–Kier alpha value is -2.14. The van der Waals surface area contributed by atoms with Crippen molar-refractivity contribution < 1.29 is 9.59 Å². The van der Waals surface area contributed by atoms with Crippen molar-refractivity contribution in [3.63, 3.8) is 0 Å². The van der Waals surface area contributed by atoms with E-state index in [1.54, 1.807) is 6.07 Å². The van der Waals surface area contributed by atoms with Crippen LogP contribution in [0.1, 0.15) is 16.7 Å². The molecule has 0 aliphatic rings. The molecule has 0 bridgehead atoms. The summed E-state index contributed by atoms with van der Waals surface area (Å²) in [5, 5.41) is 5.26. The molecule has 2 amide bonds. The zero-order valence-electron chi connectivity index (χ0n) is 12.7. The van der Waals surface area contributed by atoms with Crippen molar-refractivity contribution in [3.05, 3.63) is 57.6 Å². The molecule has 0 aliphatic carbocycles. The monoisotopic (exact) mass is 360 g/mol. The minimum atomic E-state index is -0.702. The van der Waals surface area contributed by atoms with Crippen LogP contribution >= 0.6 is 15.9 Å². The minimum Gasteiger partial charge on any atom is -0.317 e. The third-order valence-corrected chi connectivity index (χ3v) is 3.95. The highest BCUT2D eigenvalue weighted by molar-refractivity contribution is 9.10. The summed E-state index contributed by atoms with van der Waals surface area (Å²) in [6, 6.07) is 11.2. The van der Waals surface area contributed by atoms with Crippen LogP contribution in [0, 0.1) is 20.8 Å². The first-order valence-corrected chi connectivity index (χ1v) is 7.62. The summed E-state index contributed by atoms with van der Waals surface area (Å²) < 4.78 is 0.737. The van der Waals surface area contributed by atoms with E-state index < -0.39 is 11.8 Å².